The lowest BCUT2D eigenvalue weighted by atomic mass is 9.87. The van der Waals surface area contributed by atoms with Crippen molar-refractivity contribution in [3.8, 4) is 0 Å². The first-order chi connectivity index (χ1) is 9.19. The van der Waals surface area contributed by atoms with Crippen LogP contribution in [-0.4, -0.2) is 33.8 Å². The SMILES string of the molecule is CCN1C(=O)N(c2cccc(Cl)c2)[C@](C)(O)CC1(C)C. The molecule has 1 saturated heterocycles. The van der Waals surface area contributed by atoms with Crippen molar-refractivity contribution in [1.29, 1.82) is 0 Å². The van der Waals surface area contributed by atoms with E-state index in [1.54, 1.807) is 36.1 Å². The fourth-order valence-corrected chi connectivity index (χ4v) is 3.33. The molecule has 1 heterocycles. The van der Waals surface area contributed by atoms with Crippen LogP contribution in [0.4, 0.5) is 10.5 Å². The monoisotopic (exact) mass is 296 g/mol. The summed E-state index contributed by atoms with van der Waals surface area (Å²) in [7, 11) is 0. The van der Waals surface area contributed by atoms with Crippen LogP contribution in [0, 0.1) is 0 Å². The third-order valence-electron chi connectivity index (χ3n) is 3.78. The summed E-state index contributed by atoms with van der Waals surface area (Å²) in [6, 6.07) is 6.80. The number of hydrogen-bond donors (Lipinski definition) is 1. The molecule has 0 spiro atoms. The molecule has 0 unspecified atom stereocenters. The maximum atomic E-state index is 12.7. The quantitative estimate of drug-likeness (QED) is 0.908. The highest BCUT2D eigenvalue weighted by Gasteiger charge is 2.49. The third kappa shape index (κ3) is 2.50. The molecule has 2 rings (SSSR count). The van der Waals surface area contributed by atoms with Crippen molar-refractivity contribution in [3.05, 3.63) is 29.3 Å². The van der Waals surface area contributed by atoms with Crippen LogP contribution in [0.5, 0.6) is 0 Å². The van der Waals surface area contributed by atoms with E-state index in [0.29, 0.717) is 23.7 Å². The Labute approximate surface area is 124 Å². The van der Waals surface area contributed by atoms with Crippen molar-refractivity contribution in [2.75, 3.05) is 11.4 Å². The molecule has 110 valence electrons. The standard InChI is InChI=1S/C15H21ClN2O2/c1-5-17-13(19)18(12-8-6-7-11(16)9-12)15(4,20)10-14(17,2)3/h6-9,20H,5,10H2,1-4H3/t15-/m1/s1. The number of rotatable bonds is 2. The molecule has 1 atom stereocenters. The van der Waals surface area contributed by atoms with Crippen molar-refractivity contribution < 1.29 is 9.90 Å². The van der Waals surface area contributed by atoms with Crippen molar-refractivity contribution in [3.63, 3.8) is 0 Å². The van der Waals surface area contributed by atoms with Gasteiger partial charge in [0.05, 0.1) is 0 Å². The van der Waals surface area contributed by atoms with Crippen LogP contribution in [0.15, 0.2) is 24.3 Å². The van der Waals surface area contributed by atoms with E-state index in [-0.39, 0.29) is 11.6 Å². The number of halogens is 1. The van der Waals surface area contributed by atoms with Gasteiger partial charge < -0.3 is 10.0 Å². The number of aliphatic hydroxyl groups is 1. The fourth-order valence-electron chi connectivity index (χ4n) is 3.15. The van der Waals surface area contributed by atoms with E-state index in [1.807, 2.05) is 20.8 Å². The first kappa shape index (κ1) is 15.1. The maximum absolute atomic E-state index is 12.7. The second kappa shape index (κ2) is 4.93. The van der Waals surface area contributed by atoms with Crippen LogP contribution in [-0.2, 0) is 0 Å². The number of amides is 2. The summed E-state index contributed by atoms with van der Waals surface area (Å²) >= 11 is 6.00. The Morgan fingerprint density at radius 1 is 1.35 bits per heavy atom. The van der Waals surface area contributed by atoms with Gasteiger partial charge in [0.15, 0.2) is 0 Å². The summed E-state index contributed by atoms with van der Waals surface area (Å²) in [6.45, 7) is 8.14. The molecule has 1 aliphatic heterocycles. The van der Waals surface area contributed by atoms with Gasteiger partial charge in [0, 0.05) is 29.2 Å². The zero-order valence-corrected chi connectivity index (χ0v) is 13.1. The highest BCUT2D eigenvalue weighted by molar-refractivity contribution is 6.30. The Kier molecular flexibility index (Phi) is 3.73. The molecule has 0 aliphatic carbocycles. The molecule has 2 amide bonds. The Hall–Kier alpha value is -1.26. The van der Waals surface area contributed by atoms with E-state index >= 15 is 0 Å². The average molecular weight is 297 g/mol. The molecule has 0 aromatic heterocycles. The summed E-state index contributed by atoms with van der Waals surface area (Å²) in [5, 5.41) is 11.3. The van der Waals surface area contributed by atoms with Crippen LogP contribution in [0.1, 0.15) is 34.1 Å². The van der Waals surface area contributed by atoms with E-state index in [0.717, 1.165) is 0 Å². The van der Waals surface area contributed by atoms with E-state index in [2.05, 4.69) is 0 Å². The molecule has 0 saturated carbocycles. The fraction of sp³-hybridized carbons (Fsp3) is 0.533. The lowest BCUT2D eigenvalue weighted by molar-refractivity contribution is -0.0238. The van der Waals surface area contributed by atoms with E-state index in [9.17, 15) is 9.90 Å². The average Bonchev–Trinajstić information content (AvgIpc) is 2.25. The van der Waals surface area contributed by atoms with Gasteiger partial charge >= 0.3 is 6.03 Å². The Morgan fingerprint density at radius 2 is 2.00 bits per heavy atom. The van der Waals surface area contributed by atoms with Crippen LogP contribution in [0.2, 0.25) is 5.02 Å². The number of anilines is 1. The molecule has 0 radical (unpaired) electrons. The third-order valence-corrected chi connectivity index (χ3v) is 4.02. The van der Waals surface area contributed by atoms with E-state index in [1.165, 1.54) is 4.90 Å². The Balaban J connectivity index is 2.48. The summed E-state index contributed by atoms with van der Waals surface area (Å²) in [5.41, 5.74) is -1.01. The summed E-state index contributed by atoms with van der Waals surface area (Å²) in [6.07, 6.45) is 0.464. The zero-order chi connectivity index (χ0) is 15.1. The van der Waals surface area contributed by atoms with E-state index < -0.39 is 5.72 Å². The molecule has 1 aliphatic rings. The second-order valence-corrected chi connectivity index (χ2v) is 6.48. The lowest BCUT2D eigenvalue weighted by Gasteiger charge is -2.53. The molecule has 4 nitrogen and oxygen atoms in total. The van der Waals surface area contributed by atoms with Crippen molar-refractivity contribution >= 4 is 23.3 Å². The molecule has 1 N–H and O–H groups in total. The van der Waals surface area contributed by atoms with Gasteiger partial charge in [0.1, 0.15) is 5.72 Å². The van der Waals surface area contributed by atoms with Crippen molar-refractivity contribution in [2.45, 2.75) is 45.4 Å². The topological polar surface area (TPSA) is 43.8 Å². The van der Waals surface area contributed by atoms with Crippen LogP contribution < -0.4 is 4.90 Å². The number of carbonyl (C=O) groups is 1. The predicted molar refractivity (Wildman–Crippen MR) is 81.0 cm³/mol. The number of carbonyl (C=O) groups excluding carboxylic acids is 1. The molecule has 0 bridgehead atoms. The van der Waals surface area contributed by atoms with Gasteiger partial charge in [0.25, 0.3) is 0 Å². The molecule has 1 fully saturated rings. The van der Waals surface area contributed by atoms with Gasteiger partial charge in [-0.2, -0.15) is 0 Å². The van der Waals surface area contributed by atoms with Crippen LogP contribution >= 0.6 is 11.6 Å². The zero-order valence-electron chi connectivity index (χ0n) is 12.4. The Bertz CT molecular complexity index is 528. The summed E-state index contributed by atoms with van der Waals surface area (Å²) in [4.78, 5) is 15.9. The number of nitrogens with zero attached hydrogens (tertiary/aromatic N) is 2. The minimum absolute atomic E-state index is 0.198. The van der Waals surface area contributed by atoms with Gasteiger partial charge in [-0.05, 0) is 45.9 Å². The van der Waals surface area contributed by atoms with Gasteiger partial charge in [-0.1, -0.05) is 17.7 Å². The van der Waals surface area contributed by atoms with Crippen LogP contribution in [0.25, 0.3) is 0 Å². The minimum atomic E-state index is -1.24. The summed E-state index contributed by atoms with van der Waals surface area (Å²) < 4.78 is 0. The highest BCUT2D eigenvalue weighted by Crippen LogP contribution is 2.39. The molecule has 1 aromatic rings. The predicted octanol–water partition coefficient (Wildman–Crippen LogP) is 3.48. The first-order valence-corrected chi connectivity index (χ1v) is 7.16. The number of hydrogen-bond acceptors (Lipinski definition) is 2. The van der Waals surface area contributed by atoms with Gasteiger partial charge in [0.2, 0.25) is 0 Å². The Morgan fingerprint density at radius 3 is 2.55 bits per heavy atom. The molecule has 5 heteroatoms. The van der Waals surface area contributed by atoms with Gasteiger partial charge in [-0.25, -0.2) is 4.79 Å². The number of benzene rings is 1. The van der Waals surface area contributed by atoms with Crippen LogP contribution in [0.3, 0.4) is 0 Å². The van der Waals surface area contributed by atoms with Crippen molar-refractivity contribution in [1.82, 2.24) is 4.90 Å². The summed E-state index contributed by atoms with van der Waals surface area (Å²) in [5.74, 6) is 0. The normalized spacial score (nSPS) is 26.0. The van der Waals surface area contributed by atoms with Gasteiger partial charge in [-0.3, -0.25) is 4.90 Å². The molecule has 20 heavy (non-hydrogen) atoms. The molecular formula is C15H21ClN2O2. The highest BCUT2D eigenvalue weighted by atomic mass is 35.5. The minimum Gasteiger partial charge on any atom is -0.371 e. The molecular weight excluding hydrogens is 276 g/mol. The smallest absolute Gasteiger partial charge is 0.327 e. The molecule has 1 aromatic carbocycles. The van der Waals surface area contributed by atoms with Crippen molar-refractivity contribution in [2.24, 2.45) is 0 Å². The largest absolute Gasteiger partial charge is 0.371 e. The maximum Gasteiger partial charge on any atom is 0.327 e. The lowest BCUT2D eigenvalue weighted by Crippen LogP contribution is -2.68. The van der Waals surface area contributed by atoms with Gasteiger partial charge in [-0.15, -0.1) is 0 Å². The van der Waals surface area contributed by atoms with E-state index in [4.69, 9.17) is 11.6 Å². The first-order valence-electron chi connectivity index (χ1n) is 6.79. The number of urea groups is 1. The second-order valence-electron chi connectivity index (χ2n) is 6.05.